The van der Waals surface area contributed by atoms with E-state index in [9.17, 15) is 4.79 Å². The Morgan fingerprint density at radius 3 is 2.39 bits per heavy atom. The predicted octanol–water partition coefficient (Wildman–Crippen LogP) is 1.48. The molecule has 4 heteroatoms. The third-order valence-corrected chi connectivity index (χ3v) is 2.89. The second-order valence-corrected chi connectivity index (χ2v) is 4.01. The molecule has 0 saturated carbocycles. The minimum absolute atomic E-state index is 0.163. The van der Waals surface area contributed by atoms with Crippen molar-refractivity contribution >= 4 is 5.97 Å². The molecule has 0 saturated heterocycles. The van der Waals surface area contributed by atoms with Crippen LogP contribution >= 0.6 is 0 Å². The first-order valence-corrected chi connectivity index (χ1v) is 6.21. The fourth-order valence-electron chi connectivity index (χ4n) is 1.82. The molecular weight excluding hydrogens is 230 g/mol. The highest BCUT2D eigenvalue weighted by Gasteiger charge is 2.40. The van der Waals surface area contributed by atoms with Crippen LogP contribution in [-0.2, 0) is 19.7 Å². The topological polar surface area (TPSA) is 61.5 Å². The highest BCUT2D eigenvalue weighted by Crippen LogP contribution is 2.25. The molecule has 0 aliphatic rings. The van der Waals surface area contributed by atoms with Crippen molar-refractivity contribution in [3.63, 3.8) is 0 Å². The zero-order valence-corrected chi connectivity index (χ0v) is 11.0. The number of carbonyl (C=O) groups is 1. The van der Waals surface area contributed by atoms with E-state index < -0.39 is 5.41 Å². The first-order chi connectivity index (χ1) is 8.71. The van der Waals surface area contributed by atoms with Gasteiger partial charge in [-0.3, -0.25) is 4.79 Å². The molecule has 1 aromatic carbocycles. The Kier molecular flexibility index (Phi) is 5.82. The Bertz CT molecular complexity index is 367. The Morgan fingerprint density at radius 1 is 1.22 bits per heavy atom. The lowest BCUT2D eigenvalue weighted by Crippen LogP contribution is -2.48. The molecule has 18 heavy (non-hydrogen) atoms. The fourth-order valence-corrected chi connectivity index (χ4v) is 1.82. The van der Waals surface area contributed by atoms with Gasteiger partial charge in [-0.1, -0.05) is 30.3 Å². The van der Waals surface area contributed by atoms with Crippen molar-refractivity contribution in [3.8, 4) is 0 Å². The van der Waals surface area contributed by atoms with Crippen LogP contribution in [0.3, 0.4) is 0 Å². The van der Waals surface area contributed by atoms with E-state index in [1.54, 1.807) is 6.92 Å². The van der Waals surface area contributed by atoms with Gasteiger partial charge in [0.05, 0.1) is 13.2 Å². The lowest BCUT2D eigenvalue weighted by Gasteiger charge is -2.30. The molecule has 0 heterocycles. The van der Waals surface area contributed by atoms with Gasteiger partial charge in [0.1, 0.15) is 5.41 Å². The Labute approximate surface area is 108 Å². The lowest BCUT2D eigenvalue weighted by atomic mass is 9.81. The Hall–Kier alpha value is -1.39. The summed E-state index contributed by atoms with van der Waals surface area (Å²) in [4.78, 5) is 12.2. The van der Waals surface area contributed by atoms with Crippen molar-refractivity contribution < 1.29 is 14.3 Å². The zero-order chi connectivity index (χ0) is 13.4. The van der Waals surface area contributed by atoms with Crippen LogP contribution in [0.4, 0.5) is 0 Å². The maximum absolute atomic E-state index is 12.2. The molecule has 1 rings (SSSR count). The van der Waals surface area contributed by atoms with Crippen molar-refractivity contribution in [3.05, 3.63) is 35.9 Å². The van der Waals surface area contributed by atoms with Crippen LogP contribution in [0, 0.1) is 0 Å². The normalized spacial score (nSPS) is 13.9. The molecule has 0 amide bonds. The molecule has 0 aliphatic carbocycles. The third-order valence-electron chi connectivity index (χ3n) is 2.89. The van der Waals surface area contributed by atoms with E-state index in [0.29, 0.717) is 13.2 Å². The number of esters is 1. The van der Waals surface area contributed by atoms with Crippen LogP contribution in [0.15, 0.2) is 30.3 Å². The number of hydrogen-bond acceptors (Lipinski definition) is 4. The van der Waals surface area contributed by atoms with Gasteiger partial charge in [-0.05, 0) is 19.4 Å². The Balaban J connectivity index is 3.09. The van der Waals surface area contributed by atoms with E-state index in [2.05, 4.69) is 0 Å². The van der Waals surface area contributed by atoms with Gasteiger partial charge in [-0.25, -0.2) is 0 Å². The van der Waals surface area contributed by atoms with Crippen LogP contribution in [0.2, 0.25) is 0 Å². The number of nitrogens with two attached hydrogens (primary N) is 1. The van der Waals surface area contributed by atoms with E-state index in [4.69, 9.17) is 15.2 Å². The summed E-state index contributed by atoms with van der Waals surface area (Å²) in [6.45, 7) is 4.94. The number of benzene rings is 1. The van der Waals surface area contributed by atoms with E-state index >= 15 is 0 Å². The Morgan fingerprint density at radius 2 is 1.89 bits per heavy atom. The predicted molar refractivity (Wildman–Crippen MR) is 70.3 cm³/mol. The second-order valence-electron chi connectivity index (χ2n) is 4.01. The molecule has 0 bridgehead atoms. The van der Waals surface area contributed by atoms with E-state index in [1.807, 2.05) is 37.3 Å². The summed E-state index contributed by atoms with van der Waals surface area (Å²) in [5.41, 5.74) is 5.75. The fraction of sp³-hybridized carbons (Fsp3) is 0.500. The van der Waals surface area contributed by atoms with Gasteiger partial charge < -0.3 is 15.2 Å². The van der Waals surface area contributed by atoms with Crippen molar-refractivity contribution in [2.24, 2.45) is 5.73 Å². The van der Waals surface area contributed by atoms with Crippen molar-refractivity contribution in [2.45, 2.75) is 19.3 Å². The summed E-state index contributed by atoms with van der Waals surface area (Å²) < 4.78 is 10.6. The summed E-state index contributed by atoms with van der Waals surface area (Å²) in [5.74, 6) is -0.327. The van der Waals surface area contributed by atoms with Crippen LogP contribution in [0.5, 0.6) is 0 Å². The van der Waals surface area contributed by atoms with E-state index in [1.165, 1.54) is 0 Å². The molecule has 0 radical (unpaired) electrons. The molecule has 0 spiro atoms. The average Bonchev–Trinajstić information content (AvgIpc) is 2.42. The summed E-state index contributed by atoms with van der Waals surface area (Å²) in [6.07, 6.45) is 0. The maximum Gasteiger partial charge on any atom is 0.320 e. The highest BCUT2D eigenvalue weighted by molar-refractivity contribution is 5.83. The zero-order valence-electron chi connectivity index (χ0n) is 11.0. The number of ether oxygens (including phenoxy) is 2. The van der Waals surface area contributed by atoms with Crippen molar-refractivity contribution in [1.29, 1.82) is 0 Å². The first kappa shape index (κ1) is 14.7. The van der Waals surface area contributed by atoms with Gasteiger partial charge in [0.2, 0.25) is 0 Å². The smallest absolute Gasteiger partial charge is 0.320 e. The van der Waals surface area contributed by atoms with Crippen LogP contribution in [0.25, 0.3) is 0 Å². The van der Waals surface area contributed by atoms with Gasteiger partial charge in [0.25, 0.3) is 0 Å². The van der Waals surface area contributed by atoms with Crippen molar-refractivity contribution in [2.75, 3.05) is 26.4 Å². The monoisotopic (exact) mass is 251 g/mol. The van der Waals surface area contributed by atoms with Crippen molar-refractivity contribution in [1.82, 2.24) is 0 Å². The van der Waals surface area contributed by atoms with Crippen LogP contribution < -0.4 is 5.73 Å². The highest BCUT2D eigenvalue weighted by atomic mass is 16.5. The number of hydrogen-bond donors (Lipinski definition) is 1. The first-order valence-electron chi connectivity index (χ1n) is 6.21. The number of rotatable bonds is 7. The molecule has 1 atom stereocenters. The summed E-state index contributed by atoms with van der Waals surface area (Å²) in [7, 11) is 0. The van der Waals surface area contributed by atoms with Gasteiger partial charge >= 0.3 is 5.97 Å². The summed E-state index contributed by atoms with van der Waals surface area (Å²) >= 11 is 0. The van der Waals surface area contributed by atoms with Gasteiger partial charge in [-0.2, -0.15) is 0 Å². The van der Waals surface area contributed by atoms with E-state index in [0.717, 1.165) is 5.56 Å². The molecule has 2 N–H and O–H groups in total. The van der Waals surface area contributed by atoms with Gasteiger partial charge in [-0.15, -0.1) is 0 Å². The molecule has 1 aromatic rings. The molecule has 0 aliphatic heterocycles. The average molecular weight is 251 g/mol. The molecule has 4 nitrogen and oxygen atoms in total. The lowest BCUT2D eigenvalue weighted by molar-refractivity contribution is -0.152. The molecule has 1 unspecified atom stereocenters. The molecule has 0 aromatic heterocycles. The largest absolute Gasteiger partial charge is 0.465 e. The van der Waals surface area contributed by atoms with Crippen LogP contribution in [0.1, 0.15) is 19.4 Å². The summed E-state index contributed by atoms with van der Waals surface area (Å²) in [6, 6.07) is 9.41. The maximum atomic E-state index is 12.2. The minimum atomic E-state index is -0.909. The second kappa shape index (κ2) is 7.13. The number of carbonyl (C=O) groups excluding carboxylic acids is 1. The molecule has 0 fully saturated rings. The standard InChI is InChI=1S/C14H21NO3/c1-3-17-11-14(10-15,13(16)18-4-2)12-8-6-5-7-9-12/h5-9H,3-4,10-11,15H2,1-2H3. The third kappa shape index (κ3) is 3.09. The molecule has 100 valence electrons. The van der Waals surface area contributed by atoms with Gasteiger partial charge in [0.15, 0.2) is 0 Å². The van der Waals surface area contributed by atoms with E-state index in [-0.39, 0.29) is 19.1 Å². The van der Waals surface area contributed by atoms with Gasteiger partial charge in [0, 0.05) is 13.2 Å². The SMILES string of the molecule is CCOCC(CN)(C(=O)OCC)c1ccccc1. The summed E-state index contributed by atoms with van der Waals surface area (Å²) in [5, 5.41) is 0. The molecular formula is C14H21NO3. The quantitative estimate of drug-likeness (QED) is 0.746. The minimum Gasteiger partial charge on any atom is -0.465 e. The van der Waals surface area contributed by atoms with Crippen LogP contribution in [-0.4, -0.2) is 32.3 Å².